The Labute approximate surface area is 194 Å². The third kappa shape index (κ3) is 7.48. The molecule has 2 rings (SSSR count). The minimum atomic E-state index is -1.79. The van der Waals surface area contributed by atoms with E-state index >= 15 is 0 Å². The Morgan fingerprint density at radius 1 is 1.33 bits per heavy atom. The van der Waals surface area contributed by atoms with Crippen LogP contribution in [0.3, 0.4) is 0 Å². The summed E-state index contributed by atoms with van der Waals surface area (Å²) in [5, 5.41) is 8.69. The number of ether oxygens (including phenoxy) is 2. The van der Waals surface area contributed by atoms with Gasteiger partial charge in [0, 0.05) is 24.0 Å². The highest BCUT2D eigenvalue weighted by Crippen LogP contribution is 2.33. The van der Waals surface area contributed by atoms with Gasteiger partial charge in [-0.2, -0.15) is 11.8 Å². The van der Waals surface area contributed by atoms with Crippen LogP contribution >= 0.6 is 34.4 Å². The summed E-state index contributed by atoms with van der Waals surface area (Å²) in [5.41, 5.74) is 12.1. The Kier molecular flexibility index (Phi) is 10.6. The summed E-state index contributed by atoms with van der Waals surface area (Å²) < 4.78 is 11.0. The summed E-state index contributed by atoms with van der Waals surface area (Å²) in [6.45, 7) is 2.84. The summed E-state index contributed by atoms with van der Waals surface area (Å²) in [4.78, 5) is 36.0. The molecule has 0 aromatic rings. The van der Waals surface area contributed by atoms with E-state index < -0.39 is 11.9 Å². The largest absolute Gasteiger partial charge is 0.379 e. The first-order chi connectivity index (χ1) is 14.3. The predicted molar refractivity (Wildman–Crippen MR) is 123 cm³/mol. The smallest absolute Gasteiger partial charge is 0.315 e. The molecule has 0 radical (unpaired) electrons. The van der Waals surface area contributed by atoms with E-state index in [-0.39, 0.29) is 47.3 Å². The number of nitrogens with one attached hydrogen (secondary N) is 3. The van der Waals surface area contributed by atoms with Crippen molar-refractivity contribution in [1.29, 1.82) is 0 Å². The summed E-state index contributed by atoms with van der Waals surface area (Å²) in [6, 6.07) is 0.235. The molecule has 7 N–H and O–H groups in total. The van der Waals surface area contributed by atoms with Crippen LogP contribution in [0, 0.1) is 0 Å². The SMILES string of the molecule is CCOCCOC(C(=O)CCCC[C@@H]1SC[C@@H]2NC(=O)N[C@@H]21)C(N)(N)NC(=O)CI. The number of halogens is 1. The molecule has 0 spiro atoms. The summed E-state index contributed by atoms with van der Waals surface area (Å²) in [6.07, 6.45) is 1.46. The number of fused-ring (bicyclic) bond motifs is 1. The Balaban J connectivity index is 1.82. The number of ketones is 1. The highest BCUT2D eigenvalue weighted by Gasteiger charge is 2.43. The molecule has 0 saturated carbocycles. The van der Waals surface area contributed by atoms with Crippen LogP contribution < -0.4 is 27.4 Å². The van der Waals surface area contributed by atoms with Gasteiger partial charge in [0.25, 0.3) is 0 Å². The van der Waals surface area contributed by atoms with Crippen LogP contribution in [0.1, 0.15) is 32.6 Å². The first-order valence-electron chi connectivity index (χ1n) is 10.1. The predicted octanol–water partition coefficient (Wildman–Crippen LogP) is -0.175. The quantitative estimate of drug-likeness (QED) is 0.0648. The second-order valence-electron chi connectivity index (χ2n) is 7.40. The van der Waals surface area contributed by atoms with Crippen LogP contribution in [0.5, 0.6) is 0 Å². The van der Waals surface area contributed by atoms with E-state index in [0.717, 1.165) is 18.6 Å². The monoisotopic (exact) mass is 557 g/mol. The topological polar surface area (TPSA) is 158 Å². The lowest BCUT2D eigenvalue weighted by atomic mass is 9.99. The number of rotatable bonds is 14. The maximum Gasteiger partial charge on any atom is 0.315 e. The number of thioether (sulfide) groups is 1. The number of Topliss-reactive ketones (excluding diaryl/α,β-unsaturated/α-hetero) is 1. The number of hydrogen-bond donors (Lipinski definition) is 5. The van der Waals surface area contributed by atoms with Crippen molar-refractivity contribution in [1.82, 2.24) is 16.0 Å². The molecular weight excluding hydrogens is 525 g/mol. The summed E-state index contributed by atoms with van der Waals surface area (Å²) in [5.74, 6) is -1.51. The van der Waals surface area contributed by atoms with Gasteiger partial charge in [-0.15, -0.1) is 0 Å². The molecule has 4 atom stereocenters. The van der Waals surface area contributed by atoms with Gasteiger partial charge in [0.15, 0.2) is 17.7 Å². The van der Waals surface area contributed by atoms with Crippen LogP contribution in [-0.2, 0) is 19.1 Å². The van der Waals surface area contributed by atoms with Crippen LogP contribution in [-0.4, -0.2) is 76.9 Å². The lowest BCUT2D eigenvalue weighted by Gasteiger charge is -2.33. The number of unbranched alkanes of at least 4 members (excludes halogenated alkanes) is 1. The maximum absolute atomic E-state index is 12.8. The van der Waals surface area contributed by atoms with E-state index in [1.165, 1.54) is 0 Å². The zero-order chi connectivity index (χ0) is 22.1. The van der Waals surface area contributed by atoms with Crippen LogP contribution in [0.15, 0.2) is 0 Å². The normalized spacial score (nSPS) is 24.1. The van der Waals surface area contributed by atoms with Gasteiger partial charge in [0.1, 0.15) is 0 Å². The van der Waals surface area contributed by atoms with Gasteiger partial charge in [-0.05, 0) is 19.8 Å². The number of carbonyl (C=O) groups excluding carboxylic acids is 3. The standard InChI is InChI=1S/C18H32IN5O5S/c1-2-28-7-8-29-16(18(20,21)24-14(26)9-19)12(25)5-3-4-6-13-15-11(10-30-13)22-17(27)23-15/h11,13,15-16H,2-10,20-21H2,1H3,(H,24,26)(H2,22,23,27)/t11-,13-,15-,16?/m0/s1. The molecule has 2 heterocycles. The van der Waals surface area contributed by atoms with Crippen LogP contribution in [0.4, 0.5) is 4.79 Å². The Morgan fingerprint density at radius 3 is 2.80 bits per heavy atom. The molecule has 10 nitrogen and oxygen atoms in total. The Bertz CT molecular complexity index is 612. The Morgan fingerprint density at radius 2 is 2.10 bits per heavy atom. The molecule has 2 aliphatic heterocycles. The number of carbonyl (C=O) groups is 3. The van der Waals surface area contributed by atoms with Crippen molar-refractivity contribution in [2.45, 2.75) is 61.8 Å². The minimum absolute atomic E-state index is 0.103. The molecule has 0 bridgehead atoms. The van der Waals surface area contributed by atoms with Crippen LogP contribution in [0.2, 0.25) is 0 Å². The first kappa shape index (κ1) is 25.6. The van der Waals surface area contributed by atoms with Crippen molar-refractivity contribution in [3.8, 4) is 0 Å². The van der Waals surface area contributed by atoms with Gasteiger partial charge >= 0.3 is 6.03 Å². The van der Waals surface area contributed by atoms with E-state index in [4.69, 9.17) is 20.9 Å². The van der Waals surface area contributed by atoms with Crippen molar-refractivity contribution >= 4 is 52.1 Å². The van der Waals surface area contributed by atoms with Gasteiger partial charge in [0.05, 0.1) is 29.7 Å². The molecule has 1 unspecified atom stereocenters. The van der Waals surface area contributed by atoms with Crippen molar-refractivity contribution < 1.29 is 23.9 Å². The number of urea groups is 1. The molecule has 2 fully saturated rings. The average Bonchev–Trinajstić information content (AvgIpc) is 3.23. The highest BCUT2D eigenvalue weighted by atomic mass is 127. The zero-order valence-electron chi connectivity index (χ0n) is 17.2. The van der Waals surface area contributed by atoms with E-state index in [2.05, 4.69) is 16.0 Å². The van der Waals surface area contributed by atoms with Crippen molar-refractivity contribution in [2.75, 3.05) is 30.0 Å². The molecule has 0 aromatic carbocycles. The molecular formula is C18H32IN5O5S. The van der Waals surface area contributed by atoms with Crippen molar-refractivity contribution in [3.63, 3.8) is 0 Å². The molecule has 2 saturated heterocycles. The summed E-state index contributed by atoms with van der Waals surface area (Å²) >= 11 is 3.73. The minimum Gasteiger partial charge on any atom is -0.379 e. The molecule has 0 aromatic heterocycles. The number of amides is 3. The number of nitrogens with two attached hydrogens (primary N) is 2. The lowest BCUT2D eigenvalue weighted by molar-refractivity contribution is -0.140. The molecule has 172 valence electrons. The van der Waals surface area contributed by atoms with Gasteiger partial charge < -0.3 is 25.4 Å². The third-order valence-corrected chi connectivity index (χ3v) is 7.22. The second-order valence-corrected chi connectivity index (χ2v) is 9.43. The maximum atomic E-state index is 12.8. The fraction of sp³-hybridized carbons (Fsp3) is 0.833. The van der Waals surface area contributed by atoms with E-state index in [9.17, 15) is 14.4 Å². The molecule has 2 aliphatic rings. The van der Waals surface area contributed by atoms with E-state index in [1.807, 2.05) is 41.3 Å². The second kappa shape index (κ2) is 12.4. The fourth-order valence-electron chi connectivity index (χ4n) is 3.63. The van der Waals surface area contributed by atoms with Crippen molar-refractivity contribution in [3.05, 3.63) is 0 Å². The number of hydrogen-bond acceptors (Lipinski definition) is 8. The fourth-order valence-corrected chi connectivity index (χ4v) is 5.36. The third-order valence-electron chi connectivity index (χ3n) is 5.02. The van der Waals surface area contributed by atoms with E-state index in [0.29, 0.717) is 24.9 Å². The van der Waals surface area contributed by atoms with Gasteiger partial charge in [-0.1, -0.05) is 29.0 Å². The van der Waals surface area contributed by atoms with Gasteiger partial charge in [0.2, 0.25) is 5.91 Å². The van der Waals surface area contributed by atoms with Crippen molar-refractivity contribution in [2.24, 2.45) is 11.5 Å². The molecule has 12 heteroatoms. The van der Waals surface area contributed by atoms with Gasteiger partial charge in [-0.3, -0.25) is 21.1 Å². The molecule has 30 heavy (non-hydrogen) atoms. The van der Waals surface area contributed by atoms with Crippen LogP contribution in [0.25, 0.3) is 0 Å². The zero-order valence-corrected chi connectivity index (χ0v) is 20.1. The average molecular weight is 557 g/mol. The highest BCUT2D eigenvalue weighted by molar-refractivity contribution is 14.1. The van der Waals surface area contributed by atoms with E-state index in [1.54, 1.807) is 0 Å². The lowest BCUT2D eigenvalue weighted by Crippen LogP contribution is -2.72. The molecule has 0 aliphatic carbocycles. The number of alkyl halides is 1. The Hall–Kier alpha value is -0.670. The molecule has 3 amide bonds. The summed E-state index contributed by atoms with van der Waals surface area (Å²) in [7, 11) is 0. The van der Waals surface area contributed by atoms with Gasteiger partial charge in [-0.25, -0.2) is 4.79 Å². The first-order valence-corrected chi connectivity index (χ1v) is 12.7.